The number of alkyl halides is 1. The van der Waals surface area contributed by atoms with Crippen molar-refractivity contribution in [2.24, 2.45) is 0 Å². The number of benzene rings is 2. The fourth-order valence-corrected chi connectivity index (χ4v) is 2.14. The molecule has 2 aromatic rings. The summed E-state index contributed by atoms with van der Waals surface area (Å²) in [5.41, 5.74) is 3.41. The second kappa shape index (κ2) is 6.48. The lowest BCUT2D eigenvalue weighted by Gasteiger charge is -2.13. The molecule has 2 aromatic carbocycles. The average Bonchev–Trinajstić information content (AvgIpc) is 2.46. The van der Waals surface area contributed by atoms with Crippen LogP contribution in [0.1, 0.15) is 23.4 Å². The highest BCUT2D eigenvalue weighted by Crippen LogP contribution is 2.27. The zero-order valence-corrected chi connectivity index (χ0v) is 11.9. The van der Waals surface area contributed by atoms with E-state index in [9.17, 15) is 0 Å². The number of halogens is 1. The van der Waals surface area contributed by atoms with Gasteiger partial charge in [0.1, 0.15) is 5.75 Å². The fourth-order valence-electron chi connectivity index (χ4n) is 1.95. The maximum absolute atomic E-state index is 6.17. The lowest BCUT2D eigenvalue weighted by Crippen LogP contribution is -2.02. The predicted octanol–water partition coefficient (Wildman–Crippen LogP) is 4.61. The van der Waals surface area contributed by atoms with Crippen LogP contribution < -0.4 is 10.1 Å². The van der Waals surface area contributed by atoms with Crippen LogP contribution in [0.4, 0.5) is 5.69 Å². The van der Waals surface area contributed by atoms with Crippen LogP contribution >= 0.6 is 11.6 Å². The second-order valence-electron chi connectivity index (χ2n) is 4.40. The van der Waals surface area contributed by atoms with Crippen molar-refractivity contribution in [3.8, 4) is 5.75 Å². The molecule has 2 nitrogen and oxygen atoms in total. The SMILES string of the molecule is COc1ccc(CNc2ccccc2C(C)Cl)cc1. The Balaban J connectivity index is 2.05. The molecule has 0 heterocycles. The Morgan fingerprint density at radius 2 is 1.79 bits per heavy atom. The Morgan fingerprint density at radius 1 is 1.11 bits per heavy atom. The van der Waals surface area contributed by atoms with Gasteiger partial charge in [0.05, 0.1) is 12.5 Å². The highest BCUT2D eigenvalue weighted by molar-refractivity contribution is 6.21. The first kappa shape index (κ1) is 13.8. The minimum atomic E-state index is -0.000401. The number of hydrogen-bond acceptors (Lipinski definition) is 2. The minimum absolute atomic E-state index is 0.000401. The van der Waals surface area contributed by atoms with E-state index in [4.69, 9.17) is 16.3 Å². The van der Waals surface area contributed by atoms with Crippen LogP contribution in [0.5, 0.6) is 5.75 Å². The van der Waals surface area contributed by atoms with Gasteiger partial charge in [-0.3, -0.25) is 0 Å². The van der Waals surface area contributed by atoms with Gasteiger partial charge in [0.25, 0.3) is 0 Å². The predicted molar refractivity (Wildman–Crippen MR) is 81.0 cm³/mol. The number of ether oxygens (including phenoxy) is 1. The van der Waals surface area contributed by atoms with E-state index in [1.807, 2.05) is 37.3 Å². The number of para-hydroxylation sites is 1. The van der Waals surface area contributed by atoms with E-state index < -0.39 is 0 Å². The zero-order chi connectivity index (χ0) is 13.7. The molecular weight excluding hydrogens is 258 g/mol. The minimum Gasteiger partial charge on any atom is -0.497 e. The lowest BCUT2D eigenvalue weighted by atomic mass is 10.1. The summed E-state index contributed by atoms with van der Waals surface area (Å²) in [6.45, 7) is 2.75. The smallest absolute Gasteiger partial charge is 0.118 e. The number of methoxy groups -OCH3 is 1. The molecule has 0 aliphatic carbocycles. The van der Waals surface area contributed by atoms with Crippen LogP contribution in [0.3, 0.4) is 0 Å². The summed E-state index contributed by atoms with van der Waals surface area (Å²) in [4.78, 5) is 0. The van der Waals surface area contributed by atoms with Crippen molar-refractivity contribution in [2.75, 3.05) is 12.4 Å². The fraction of sp³-hybridized carbons (Fsp3) is 0.250. The first-order valence-electron chi connectivity index (χ1n) is 6.30. The standard InChI is InChI=1S/C16H18ClNO/c1-12(17)15-5-3-4-6-16(15)18-11-13-7-9-14(19-2)10-8-13/h3-10,12,18H,11H2,1-2H3. The maximum Gasteiger partial charge on any atom is 0.118 e. The molecule has 1 unspecified atom stereocenters. The van der Waals surface area contributed by atoms with E-state index in [2.05, 4.69) is 23.5 Å². The normalized spacial score (nSPS) is 11.9. The van der Waals surface area contributed by atoms with Gasteiger partial charge in [-0.1, -0.05) is 30.3 Å². The molecule has 100 valence electrons. The number of anilines is 1. The van der Waals surface area contributed by atoms with Crippen molar-refractivity contribution >= 4 is 17.3 Å². The van der Waals surface area contributed by atoms with Gasteiger partial charge < -0.3 is 10.1 Å². The van der Waals surface area contributed by atoms with Gasteiger partial charge in [-0.05, 0) is 36.2 Å². The van der Waals surface area contributed by atoms with Crippen molar-refractivity contribution in [1.29, 1.82) is 0 Å². The summed E-state index contributed by atoms with van der Waals surface area (Å²) < 4.78 is 5.14. The van der Waals surface area contributed by atoms with Gasteiger partial charge >= 0.3 is 0 Å². The average molecular weight is 276 g/mol. The molecule has 0 amide bonds. The maximum atomic E-state index is 6.17. The van der Waals surface area contributed by atoms with Crippen molar-refractivity contribution < 1.29 is 4.74 Å². The highest BCUT2D eigenvalue weighted by atomic mass is 35.5. The Labute approximate surface area is 119 Å². The molecule has 1 N–H and O–H groups in total. The summed E-state index contributed by atoms with van der Waals surface area (Å²) in [5.74, 6) is 0.874. The Morgan fingerprint density at radius 3 is 2.42 bits per heavy atom. The zero-order valence-electron chi connectivity index (χ0n) is 11.2. The molecule has 0 spiro atoms. The largest absolute Gasteiger partial charge is 0.497 e. The molecule has 0 aliphatic heterocycles. The van der Waals surface area contributed by atoms with Crippen LogP contribution in [0.15, 0.2) is 48.5 Å². The Bertz CT molecular complexity index is 523. The van der Waals surface area contributed by atoms with Crippen LogP contribution in [0.25, 0.3) is 0 Å². The molecule has 0 aliphatic rings. The Hall–Kier alpha value is -1.67. The van der Waals surface area contributed by atoms with Crippen molar-refractivity contribution in [2.45, 2.75) is 18.8 Å². The van der Waals surface area contributed by atoms with E-state index in [1.165, 1.54) is 5.56 Å². The molecule has 3 heteroatoms. The van der Waals surface area contributed by atoms with E-state index in [0.717, 1.165) is 23.5 Å². The van der Waals surface area contributed by atoms with Gasteiger partial charge in [-0.25, -0.2) is 0 Å². The molecule has 0 saturated heterocycles. The van der Waals surface area contributed by atoms with Crippen molar-refractivity contribution in [3.63, 3.8) is 0 Å². The van der Waals surface area contributed by atoms with Crippen molar-refractivity contribution in [3.05, 3.63) is 59.7 Å². The van der Waals surface area contributed by atoms with Gasteiger partial charge in [0.15, 0.2) is 0 Å². The molecular formula is C16H18ClNO. The lowest BCUT2D eigenvalue weighted by molar-refractivity contribution is 0.414. The summed E-state index contributed by atoms with van der Waals surface area (Å²) in [7, 11) is 1.67. The quantitative estimate of drug-likeness (QED) is 0.805. The first-order valence-corrected chi connectivity index (χ1v) is 6.74. The van der Waals surface area contributed by atoms with E-state index in [0.29, 0.717) is 0 Å². The summed E-state index contributed by atoms with van der Waals surface area (Å²) in [5, 5.41) is 3.42. The summed E-state index contributed by atoms with van der Waals surface area (Å²) >= 11 is 6.17. The molecule has 0 bridgehead atoms. The number of nitrogens with one attached hydrogen (secondary N) is 1. The van der Waals surface area contributed by atoms with E-state index >= 15 is 0 Å². The monoisotopic (exact) mass is 275 g/mol. The van der Waals surface area contributed by atoms with E-state index in [-0.39, 0.29) is 5.38 Å². The molecule has 0 aromatic heterocycles. The van der Waals surface area contributed by atoms with Crippen LogP contribution in [0.2, 0.25) is 0 Å². The molecule has 19 heavy (non-hydrogen) atoms. The third-order valence-corrected chi connectivity index (χ3v) is 3.27. The van der Waals surface area contributed by atoms with Gasteiger partial charge in [-0.2, -0.15) is 0 Å². The highest BCUT2D eigenvalue weighted by Gasteiger charge is 2.06. The summed E-state index contributed by atoms with van der Waals surface area (Å²) in [6, 6.07) is 16.2. The van der Waals surface area contributed by atoms with Crippen LogP contribution in [0, 0.1) is 0 Å². The number of rotatable bonds is 5. The molecule has 0 fully saturated rings. The molecule has 0 radical (unpaired) electrons. The third-order valence-electron chi connectivity index (χ3n) is 3.03. The number of hydrogen-bond donors (Lipinski definition) is 1. The summed E-state index contributed by atoms with van der Waals surface area (Å²) in [6.07, 6.45) is 0. The van der Waals surface area contributed by atoms with Crippen LogP contribution in [-0.2, 0) is 6.54 Å². The van der Waals surface area contributed by atoms with Gasteiger partial charge in [0.2, 0.25) is 0 Å². The molecule has 0 saturated carbocycles. The molecule has 2 rings (SSSR count). The Kier molecular flexibility index (Phi) is 4.69. The van der Waals surface area contributed by atoms with Crippen molar-refractivity contribution in [1.82, 2.24) is 0 Å². The van der Waals surface area contributed by atoms with Crippen LogP contribution in [-0.4, -0.2) is 7.11 Å². The van der Waals surface area contributed by atoms with Gasteiger partial charge in [-0.15, -0.1) is 11.6 Å². The first-order chi connectivity index (χ1) is 9.20. The second-order valence-corrected chi connectivity index (χ2v) is 5.06. The van der Waals surface area contributed by atoms with Gasteiger partial charge in [0, 0.05) is 12.2 Å². The molecule has 1 atom stereocenters. The third kappa shape index (κ3) is 3.65. The van der Waals surface area contributed by atoms with E-state index in [1.54, 1.807) is 7.11 Å². The topological polar surface area (TPSA) is 21.3 Å².